The summed E-state index contributed by atoms with van der Waals surface area (Å²) < 4.78 is 5.14. The van der Waals surface area contributed by atoms with Crippen LogP contribution in [0, 0.1) is 11.3 Å². The van der Waals surface area contributed by atoms with Crippen LogP contribution in [-0.2, 0) is 9.53 Å². The van der Waals surface area contributed by atoms with Crippen LogP contribution in [0.25, 0.3) is 0 Å². The lowest BCUT2D eigenvalue weighted by Crippen LogP contribution is -2.21. The third-order valence-electron chi connectivity index (χ3n) is 3.83. The fourth-order valence-electron chi connectivity index (χ4n) is 2.48. The number of carbonyl (C=O) groups is 2. The van der Waals surface area contributed by atoms with Crippen LogP contribution in [0.2, 0.25) is 0 Å². The standard InChI is InChI=1S/C22H17N3O3/c23-14-16-10-12-18(13-11-16)25-21(26)15-28-22(27)19-8-4-5-9-20(19)24-17-6-2-1-3-7-17/h1-13,24H,15H2,(H,25,26). The molecule has 0 saturated carbocycles. The second kappa shape index (κ2) is 9.01. The number of benzene rings is 3. The Morgan fingerprint density at radius 1 is 0.857 bits per heavy atom. The third kappa shape index (κ3) is 4.96. The molecule has 6 heteroatoms. The molecule has 0 aliphatic carbocycles. The van der Waals surface area contributed by atoms with Gasteiger partial charge in [0.2, 0.25) is 0 Å². The van der Waals surface area contributed by atoms with E-state index in [0.29, 0.717) is 22.5 Å². The van der Waals surface area contributed by atoms with Gasteiger partial charge >= 0.3 is 5.97 Å². The Kier molecular flexibility index (Phi) is 6.01. The van der Waals surface area contributed by atoms with Gasteiger partial charge in [-0.1, -0.05) is 30.3 Å². The molecule has 0 spiro atoms. The van der Waals surface area contributed by atoms with Crippen molar-refractivity contribution < 1.29 is 14.3 Å². The van der Waals surface area contributed by atoms with Crippen LogP contribution in [0.3, 0.4) is 0 Å². The van der Waals surface area contributed by atoms with Crippen LogP contribution >= 0.6 is 0 Å². The third-order valence-corrected chi connectivity index (χ3v) is 3.83. The van der Waals surface area contributed by atoms with Crippen LogP contribution in [0.4, 0.5) is 17.1 Å². The van der Waals surface area contributed by atoms with Gasteiger partial charge in [0.05, 0.1) is 22.9 Å². The number of hydrogen-bond donors (Lipinski definition) is 2. The average Bonchev–Trinajstić information content (AvgIpc) is 2.74. The van der Waals surface area contributed by atoms with Gasteiger partial charge in [0.1, 0.15) is 0 Å². The van der Waals surface area contributed by atoms with Gasteiger partial charge < -0.3 is 15.4 Å². The van der Waals surface area contributed by atoms with Gasteiger partial charge in [0, 0.05) is 11.4 Å². The van der Waals surface area contributed by atoms with Crippen LogP contribution in [-0.4, -0.2) is 18.5 Å². The first-order chi connectivity index (χ1) is 13.7. The lowest BCUT2D eigenvalue weighted by Gasteiger charge is -2.12. The van der Waals surface area contributed by atoms with Crippen molar-refractivity contribution in [2.45, 2.75) is 0 Å². The predicted molar refractivity (Wildman–Crippen MR) is 106 cm³/mol. The van der Waals surface area contributed by atoms with E-state index in [9.17, 15) is 9.59 Å². The van der Waals surface area contributed by atoms with E-state index < -0.39 is 18.5 Å². The molecular weight excluding hydrogens is 354 g/mol. The highest BCUT2D eigenvalue weighted by Gasteiger charge is 2.14. The monoisotopic (exact) mass is 371 g/mol. The van der Waals surface area contributed by atoms with E-state index in [4.69, 9.17) is 10.00 Å². The van der Waals surface area contributed by atoms with Gasteiger partial charge in [-0.05, 0) is 48.5 Å². The first-order valence-corrected chi connectivity index (χ1v) is 8.54. The van der Waals surface area contributed by atoms with Crippen molar-refractivity contribution in [1.82, 2.24) is 0 Å². The van der Waals surface area contributed by atoms with E-state index in [-0.39, 0.29) is 0 Å². The molecule has 1 amide bonds. The molecule has 2 N–H and O–H groups in total. The number of ether oxygens (including phenoxy) is 1. The number of esters is 1. The molecule has 0 radical (unpaired) electrons. The van der Waals surface area contributed by atoms with Gasteiger partial charge in [-0.3, -0.25) is 4.79 Å². The molecule has 3 aromatic rings. The Morgan fingerprint density at radius 3 is 2.25 bits per heavy atom. The molecule has 138 valence electrons. The minimum absolute atomic E-state index is 0.331. The number of anilines is 3. The first-order valence-electron chi connectivity index (χ1n) is 8.54. The second-order valence-electron chi connectivity index (χ2n) is 5.85. The van der Waals surface area contributed by atoms with Crippen molar-refractivity contribution in [3.05, 3.63) is 90.0 Å². The van der Waals surface area contributed by atoms with Crippen molar-refractivity contribution in [2.24, 2.45) is 0 Å². The summed E-state index contributed by atoms with van der Waals surface area (Å²) in [5.74, 6) is -1.07. The Bertz CT molecular complexity index is 1010. The molecule has 0 atom stereocenters. The number of nitrogens with zero attached hydrogens (tertiary/aromatic N) is 1. The normalized spacial score (nSPS) is 9.82. The van der Waals surface area contributed by atoms with Crippen molar-refractivity contribution in [3.63, 3.8) is 0 Å². The van der Waals surface area contributed by atoms with Gasteiger partial charge in [-0.15, -0.1) is 0 Å². The molecule has 6 nitrogen and oxygen atoms in total. The molecule has 0 unspecified atom stereocenters. The van der Waals surface area contributed by atoms with E-state index in [1.807, 2.05) is 36.4 Å². The molecule has 0 aromatic heterocycles. The van der Waals surface area contributed by atoms with Crippen LogP contribution < -0.4 is 10.6 Å². The fourth-order valence-corrected chi connectivity index (χ4v) is 2.48. The molecule has 3 aromatic carbocycles. The van der Waals surface area contributed by atoms with E-state index in [0.717, 1.165) is 5.69 Å². The topological polar surface area (TPSA) is 91.2 Å². The van der Waals surface area contributed by atoms with Gasteiger partial charge in [-0.2, -0.15) is 5.26 Å². The maximum Gasteiger partial charge on any atom is 0.340 e. The minimum atomic E-state index is -0.603. The van der Waals surface area contributed by atoms with Crippen molar-refractivity contribution in [2.75, 3.05) is 17.2 Å². The fraction of sp³-hybridized carbons (Fsp3) is 0.0455. The number of rotatable bonds is 6. The molecule has 0 saturated heterocycles. The number of hydrogen-bond acceptors (Lipinski definition) is 5. The lowest BCUT2D eigenvalue weighted by molar-refractivity contribution is -0.119. The number of amides is 1. The van der Waals surface area contributed by atoms with Crippen LogP contribution in [0.5, 0.6) is 0 Å². The summed E-state index contributed by atoms with van der Waals surface area (Å²) in [4.78, 5) is 24.4. The zero-order valence-electron chi connectivity index (χ0n) is 14.9. The Balaban J connectivity index is 1.60. The number of carbonyl (C=O) groups excluding carboxylic acids is 2. The molecule has 0 heterocycles. The SMILES string of the molecule is N#Cc1ccc(NC(=O)COC(=O)c2ccccc2Nc2ccccc2)cc1. The minimum Gasteiger partial charge on any atom is -0.452 e. The number of nitrogens with one attached hydrogen (secondary N) is 2. The van der Waals surface area contributed by atoms with Gasteiger partial charge in [0.15, 0.2) is 6.61 Å². The maximum atomic E-state index is 12.4. The quantitative estimate of drug-likeness (QED) is 0.637. The van der Waals surface area contributed by atoms with Crippen LogP contribution in [0.15, 0.2) is 78.9 Å². The zero-order valence-corrected chi connectivity index (χ0v) is 14.9. The molecule has 0 bridgehead atoms. The second-order valence-corrected chi connectivity index (χ2v) is 5.85. The van der Waals surface area contributed by atoms with Crippen molar-refractivity contribution in [1.29, 1.82) is 5.26 Å². The molecular formula is C22H17N3O3. The molecule has 0 fully saturated rings. The Labute approximate surface area is 162 Å². The molecule has 28 heavy (non-hydrogen) atoms. The molecule has 0 aliphatic rings. The number of nitriles is 1. The zero-order chi connectivity index (χ0) is 19.8. The molecule has 3 rings (SSSR count). The highest BCUT2D eigenvalue weighted by molar-refractivity contribution is 5.99. The van der Waals surface area contributed by atoms with E-state index >= 15 is 0 Å². The Hall–Kier alpha value is -4.11. The summed E-state index contributed by atoms with van der Waals surface area (Å²) in [6, 6.07) is 24.8. The van der Waals surface area contributed by atoms with Crippen molar-refractivity contribution >= 4 is 28.9 Å². The Morgan fingerprint density at radius 2 is 1.54 bits per heavy atom. The van der Waals surface area contributed by atoms with E-state index in [1.165, 1.54) is 0 Å². The van der Waals surface area contributed by atoms with E-state index in [1.54, 1.807) is 48.5 Å². The van der Waals surface area contributed by atoms with Crippen molar-refractivity contribution in [3.8, 4) is 6.07 Å². The predicted octanol–water partition coefficient (Wildman–Crippen LogP) is 4.10. The van der Waals surface area contributed by atoms with Crippen LogP contribution in [0.1, 0.15) is 15.9 Å². The highest BCUT2D eigenvalue weighted by atomic mass is 16.5. The molecule has 0 aliphatic heterocycles. The summed E-state index contributed by atoms with van der Waals surface area (Å²) in [5.41, 5.74) is 2.77. The van der Waals surface area contributed by atoms with E-state index in [2.05, 4.69) is 10.6 Å². The smallest absolute Gasteiger partial charge is 0.340 e. The number of para-hydroxylation sites is 2. The van der Waals surface area contributed by atoms with Gasteiger partial charge in [0.25, 0.3) is 5.91 Å². The summed E-state index contributed by atoms with van der Waals surface area (Å²) in [5, 5.41) is 14.6. The maximum absolute atomic E-state index is 12.4. The van der Waals surface area contributed by atoms with Gasteiger partial charge in [-0.25, -0.2) is 4.79 Å². The highest BCUT2D eigenvalue weighted by Crippen LogP contribution is 2.21. The summed E-state index contributed by atoms with van der Waals surface area (Å²) in [6.07, 6.45) is 0. The summed E-state index contributed by atoms with van der Waals surface area (Å²) in [7, 11) is 0. The summed E-state index contributed by atoms with van der Waals surface area (Å²) >= 11 is 0. The first kappa shape index (κ1) is 18.7. The average molecular weight is 371 g/mol. The lowest BCUT2D eigenvalue weighted by atomic mass is 10.1. The largest absolute Gasteiger partial charge is 0.452 e. The summed E-state index contributed by atoms with van der Waals surface area (Å²) in [6.45, 7) is -0.418.